The van der Waals surface area contributed by atoms with Crippen molar-refractivity contribution in [3.63, 3.8) is 0 Å². The van der Waals surface area contributed by atoms with Gasteiger partial charge in [0.15, 0.2) is 0 Å². The SMILES string of the molecule is O=C(c1cncc(F)c1)N1CCN(c2cc(-n3cccc3)ncn2)CC1. The molecule has 0 saturated carbocycles. The number of carbonyl (C=O) groups excluding carboxylic acids is 1. The van der Waals surface area contributed by atoms with Gasteiger partial charge in [-0.25, -0.2) is 14.4 Å². The predicted molar refractivity (Wildman–Crippen MR) is 93.7 cm³/mol. The zero-order valence-corrected chi connectivity index (χ0v) is 14.0. The van der Waals surface area contributed by atoms with E-state index < -0.39 is 5.82 Å². The molecule has 0 aromatic carbocycles. The minimum absolute atomic E-state index is 0.202. The maximum absolute atomic E-state index is 13.3. The molecule has 1 fully saturated rings. The fourth-order valence-corrected chi connectivity index (χ4v) is 2.99. The molecule has 26 heavy (non-hydrogen) atoms. The second-order valence-electron chi connectivity index (χ2n) is 6.00. The molecule has 0 radical (unpaired) electrons. The first kappa shape index (κ1) is 16.2. The number of halogens is 1. The van der Waals surface area contributed by atoms with Crippen LogP contribution in [0, 0.1) is 5.82 Å². The van der Waals surface area contributed by atoms with E-state index in [1.54, 1.807) is 11.2 Å². The smallest absolute Gasteiger partial charge is 0.255 e. The van der Waals surface area contributed by atoms with E-state index >= 15 is 0 Å². The van der Waals surface area contributed by atoms with Crippen molar-refractivity contribution in [3.05, 3.63) is 66.8 Å². The monoisotopic (exact) mass is 352 g/mol. The lowest BCUT2D eigenvalue weighted by molar-refractivity contribution is 0.0745. The van der Waals surface area contributed by atoms with Gasteiger partial charge in [-0.1, -0.05) is 0 Å². The topological polar surface area (TPSA) is 67.2 Å². The third-order valence-electron chi connectivity index (χ3n) is 4.35. The number of nitrogens with zero attached hydrogens (tertiary/aromatic N) is 6. The van der Waals surface area contributed by atoms with Crippen LogP contribution in [0.3, 0.4) is 0 Å². The van der Waals surface area contributed by atoms with E-state index in [2.05, 4.69) is 19.9 Å². The van der Waals surface area contributed by atoms with Crippen LogP contribution in [-0.4, -0.2) is 56.5 Å². The number of piperazine rings is 1. The Morgan fingerprint density at radius 2 is 1.69 bits per heavy atom. The van der Waals surface area contributed by atoms with Crippen LogP contribution < -0.4 is 4.90 Å². The van der Waals surface area contributed by atoms with Gasteiger partial charge in [-0.05, 0) is 18.2 Å². The summed E-state index contributed by atoms with van der Waals surface area (Å²) < 4.78 is 15.2. The van der Waals surface area contributed by atoms with Gasteiger partial charge in [0.05, 0.1) is 11.8 Å². The molecule has 4 heterocycles. The minimum atomic E-state index is -0.506. The summed E-state index contributed by atoms with van der Waals surface area (Å²) in [5, 5.41) is 0. The quantitative estimate of drug-likeness (QED) is 0.719. The molecule has 4 rings (SSSR count). The van der Waals surface area contributed by atoms with Crippen LogP contribution in [0.15, 0.2) is 55.4 Å². The van der Waals surface area contributed by atoms with Gasteiger partial charge in [0.2, 0.25) is 0 Å². The zero-order chi connectivity index (χ0) is 17.9. The number of pyridine rings is 1. The van der Waals surface area contributed by atoms with E-state index in [-0.39, 0.29) is 11.5 Å². The summed E-state index contributed by atoms with van der Waals surface area (Å²) in [4.78, 5) is 28.7. The first-order valence-corrected chi connectivity index (χ1v) is 8.31. The van der Waals surface area contributed by atoms with Gasteiger partial charge in [-0.3, -0.25) is 9.78 Å². The Morgan fingerprint density at radius 1 is 0.962 bits per heavy atom. The average molecular weight is 352 g/mol. The highest BCUT2D eigenvalue weighted by atomic mass is 19.1. The van der Waals surface area contributed by atoms with Crippen LogP contribution in [0.5, 0.6) is 0 Å². The highest BCUT2D eigenvalue weighted by Gasteiger charge is 2.23. The summed E-state index contributed by atoms with van der Waals surface area (Å²) in [6, 6.07) is 7.02. The highest BCUT2D eigenvalue weighted by molar-refractivity contribution is 5.94. The third-order valence-corrected chi connectivity index (χ3v) is 4.35. The van der Waals surface area contributed by atoms with E-state index in [9.17, 15) is 9.18 Å². The van der Waals surface area contributed by atoms with Crippen molar-refractivity contribution >= 4 is 11.7 Å². The Labute approximate surface area is 149 Å². The molecule has 0 atom stereocenters. The number of aromatic nitrogens is 4. The maximum Gasteiger partial charge on any atom is 0.255 e. The van der Waals surface area contributed by atoms with Crippen LogP contribution in [0.4, 0.5) is 10.2 Å². The van der Waals surface area contributed by atoms with Crippen molar-refractivity contribution in [1.82, 2.24) is 24.4 Å². The Balaban J connectivity index is 1.44. The molecular formula is C18H17FN6O. The van der Waals surface area contributed by atoms with E-state index in [0.29, 0.717) is 26.2 Å². The van der Waals surface area contributed by atoms with Crippen LogP contribution in [0.25, 0.3) is 5.82 Å². The molecule has 0 unspecified atom stereocenters. The van der Waals surface area contributed by atoms with Gasteiger partial charge in [0.25, 0.3) is 5.91 Å². The van der Waals surface area contributed by atoms with Crippen LogP contribution >= 0.6 is 0 Å². The molecule has 132 valence electrons. The average Bonchev–Trinajstić information content (AvgIpc) is 3.23. The van der Waals surface area contributed by atoms with Gasteiger partial charge in [0, 0.05) is 50.8 Å². The van der Waals surface area contributed by atoms with Crippen LogP contribution in [-0.2, 0) is 0 Å². The highest BCUT2D eigenvalue weighted by Crippen LogP contribution is 2.17. The Hall–Kier alpha value is -3.29. The summed E-state index contributed by atoms with van der Waals surface area (Å²) in [5.41, 5.74) is 0.274. The number of anilines is 1. The molecule has 1 amide bonds. The van der Waals surface area contributed by atoms with E-state index in [0.717, 1.165) is 17.8 Å². The van der Waals surface area contributed by atoms with Crippen molar-refractivity contribution in [3.8, 4) is 5.82 Å². The molecule has 7 nitrogen and oxygen atoms in total. The Bertz CT molecular complexity index is 906. The van der Waals surface area contributed by atoms with Gasteiger partial charge < -0.3 is 14.4 Å². The molecule has 1 saturated heterocycles. The van der Waals surface area contributed by atoms with Gasteiger partial charge >= 0.3 is 0 Å². The standard InChI is InChI=1S/C18H17FN6O/c19-15-9-14(11-20-12-15)18(26)25-7-5-24(6-8-25)17-10-16(21-13-22-17)23-3-1-2-4-23/h1-4,9-13H,5-8H2. The lowest BCUT2D eigenvalue weighted by Gasteiger charge is -2.35. The normalized spacial score (nSPS) is 14.5. The molecule has 1 aliphatic heterocycles. The van der Waals surface area contributed by atoms with E-state index in [1.807, 2.05) is 35.2 Å². The van der Waals surface area contributed by atoms with Crippen molar-refractivity contribution < 1.29 is 9.18 Å². The number of rotatable bonds is 3. The Kier molecular flexibility index (Phi) is 4.30. The van der Waals surface area contributed by atoms with E-state index in [4.69, 9.17) is 0 Å². The molecule has 0 aliphatic carbocycles. The van der Waals surface area contributed by atoms with Crippen LogP contribution in [0.2, 0.25) is 0 Å². The first-order valence-electron chi connectivity index (χ1n) is 8.31. The minimum Gasteiger partial charge on any atom is -0.353 e. The Morgan fingerprint density at radius 3 is 2.42 bits per heavy atom. The van der Waals surface area contributed by atoms with E-state index in [1.165, 1.54) is 12.3 Å². The lowest BCUT2D eigenvalue weighted by Crippen LogP contribution is -2.49. The summed E-state index contributed by atoms with van der Waals surface area (Å²) in [7, 11) is 0. The summed E-state index contributed by atoms with van der Waals surface area (Å²) in [6.07, 6.45) is 7.88. The second kappa shape index (κ2) is 6.91. The molecule has 3 aromatic heterocycles. The number of carbonyl (C=O) groups is 1. The molecule has 0 spiro atoms. The van der Waals surface area contributed by atoms with Crippen LogP contribution in [0.1, 0.15) is 10.4 Å². The van der Waals surface area contributed by atoms with Crippen molar-refractivity contribution in [2.75, 3.05) is 31.1 Å². The lowest BCUT2D eigenvalue weighted by atomic mass is 10.2. The summed E-state index contributed by atoms with van der Waals surface area (Å²) in [6.45, 7) is 2.38. The van der Waals surface area contributed by atoms with Gasteiger partial charge in [-0.15, -0.1) is 0 Å². The van der Waals surface area contributed by atoms with Crippen molar-refractivity contribution in [2.24, 2.45) is 0 Å². The third kappa shape index (κ3) is 3.26. The first-order chi connectivity index (χ1) is 12.7. The fraction of sp³-hybridized carbons (Fsp3) is 0.222. The largest absolute Gasteiger partial charge is 0.353 e. The molecule has 1 aliphatic rings. The molecule has 0 bridgehead atoms. The van der Waals surface area contributed by atoms with Crippen molar-refractivity contribution in [1.29, 1.82) is 0 Å². The summed E-state index contributed by atoms with van der Waals surface area (Å²) >= 11 is 0. The summed E-state index contributed by atoms with van der Waals surface area (Å²) in [5.74, 6) is 0.910. The zero-order valence-electron chi connectivity index (χ0n) is 14.0. The number of hydrogen-bond donors (Lipinski definition) is 0. The fourth-order valence-electron chi connectivity index (χ4n) is 2.99. The number of hydrogen-bond acceptors (Lipinski definition) is 5. The van der Waals surface area contributed by atoms with Crippen molar-refractivity contribution in [2.45, 2.75) is 0 Å². The molecule has 8 heteroatoms. The second-order valence-corrected chi connectivity index (χ2v) is 6.00. The molecular weight excluding hydrogens is 335 g/mol. The predicted octanol–water partition coefficient (Wildman–Crippen LogP) is 1.76. The maximum atomic E-state index is 13.3. The number of amides is 1. The molecule has 3 aromatic rings. The van der Waals surface area contributed by atoms with Gasteiger partial charge in [0.1, 0.15) is 23.8 Å². The molecule has 0 N–H and O–H groups in total. The van der Waals surface area contributed by atoms with Gasteiger partial charge in [-0.2, -0.15) is 0 Å².